The molecule has 0 spiro atoms. The minimum Gasteiger partial charge on any atom is -0.322 e. The van der Waals surface area contributed by atoms with E-state index in [1.165, 1.54) is 12.1 Å². The Labute approximate surface area is 129 Å². The number of halogens is 4. The molecular formula is C15H10Cl2F2N2. The molecule has 0 bridgehead atoms. The average Bonchev–Trinajstić information content (AvgIpc) is 2.80. The van der Waals surface area contributed by atoms with Crippen molar-refractivity contribution >= 4 is 34.2 Å². The van der Waals surface area contributed by atoms with Crippen molar-refractivity contribution in [3.8, 4) is 0 Å². The van der Waals surface area contributed by atoms with Crippen molar-refractivity contribution < 1.29 is 8.78 Å². The zero-order valence-corrected chi connectivity index (χ0v) is 12.3. The fraction of sp³-hybridized carbons (Fsp3) is 0.133. The van der Waals surface area contributed by atoms with Gasteiger partial charge in [0, 0.05) is 11.6 Å². The normalized spacial score (nSPS) is 11.2. The Bertz CT molecular complexity index is 815. The van der Waals surface area contributed by atoms with Crippen molar-refractivity contribution in [2.45, 2.75) is 12.4 Å². The summed E-state index contributed by atoms with van der Waals surface area (Å²) in [7, 11) is 0. The van der Waals surface area contributed by atoms with E-state index in [1.807, 2.05) is 4.57 Å². The molecule has 0 amide bonds. The summed E-state index contributed by atoms with van der Waals surface area (Å²) in [6.45, 7) is 0.343. The minimum atomic E-state index is -0.873. The third kappa shape index (κ3) is 2.74. The molecule has 0 aliphatic rings. The van der Waals surface area contributed by atoms with Crippen LogP contribution in [0.3, 0.4) is 0 Å². The lowest BCUT2D eigenvalue weighted by molar-refractivity contribution is 0.506. The van der Waals surface area contributed by atoms with Gasteiger partial charge in [-0.1, -0.05) is 17.7 Å². The fourth-order valence-electron chi connectivity index (χ4n) is 2.24. The van der Waals surface area contributed by atoms with Gasteiger partial charge < -0.3 is 4.57 Å². The van der Waals surface area contributed by atoms with E-state index >= 15 is 0 Å². The van der Waals surface area contributed by atoms with Crippen molar-refractivity contribution in [3.63, 3.8) is 0 Å². The lowest BCUT2D eigenvalue weighted by Crippen LogP contribution is -2.04. The number of nitrogens with zero attached hydrogens (tertiary/aromatic N) is 2. The van der Waals surface area contributed by atoms with E-state index in [1.54, 1.807) is 18.2 Å². The fourth-order valence-corrected chi connectivity index (χ4v) is 2.62. The van der Waals surface area contributed by atoms with Crippen molar-refractivity contribution in [2.75, 3.05) is 0 Å². The minimum absolute atomic E-state index is 0.218. The standard InChI is InChI=1S/C15H10Cl2F2N2/c16-7-15-20-13-4-2-10(17)6-14(13)21(15)8-9-1-3-11(18)12(19)5-9/h1-6H,7-8H2. The first-order chi connectivity index (χ1) is 10.1. The van der Waals surface area contributed by atoms with Crippen LogP contribution in [0.4, 0.5) is 8.78 Å². The van der Waals surface area contributed by atoms with Gasteiger partial charge in [0.2, 0.25) is 0 Å². The van der Waals surface area contributed by atoms with Crippen LogP contribution in [0.25, 0.3) is 11.0 Å². The summed E-state index contributed by atoms with van der Waals surface area (Å²) >= 11 is 11.9. The summed E-state index contributed by atoms with van der Waals surface area (Å²) in [5, 5.41) is 0.579. The summed E-state index contributed by atoms with van der Waals surface area (Å²) in [4.78, 5) is 4.41. The molecule has 2 aromatic carbocycles. The monoisotopic (exact) mass is 326 g/mol. The number of benzene rings is 2. The summed E-state index contributed by atoms with van der Waals surface area (Å²) in [5.41, 5.74) is 2.19. The lowest BCUT2D eigenvalue weighted by Gasteiger charge is -2.08. The number of hydrogen-bond acceptors (Lipinski definition) is 1. The molecule has 0 radical (unpaired) electrons. The lowest BCUT2D eigenvalue weighted by atomic mass is 10.2. The Kier molecular flexibility index (Phi) is 3.83. The van der Waals surface area contributed by atoms with E-state index in [0.717, 1.165) is 17.1 Å². The molecule has 0 unspecified atom stereocenters. The number of imidazole rings is 1. The van der Waals surface area contributed by atoms with E-state index in [-0.39, 0.29) is 5.88 Å². The van der Waals surface area contributed by atoms with Gasteiger partial charge in [-0.25, -0.2) is 13.8 Å². The van der Waals surface area contributed by atoms with Gasteiger partial charge >= 0.3 is 0 Å². The summed E-state index contributed by atoms with van der Waals surface area (Å²) < 4.78 is 28.2. The molecule has 1 heterocycles. The van der Waals surface area contributed by atoms with Crippen LogP contribution in [0, 0.1) is 11.6 Å². The SMILES string of the molecule is Fc1ccc(Cn2c(CCl)nc3ccc(Cl)cc32)cc1F. The predicted octanol–water partition coefficient (Wildman–Crippen LogP) is 4.76. The highest BCUT2D eigenvalue weighted by Crippen LogP contribution is 2.23. The van der Waals surface area contributed by atoms with Crippen molar-refractivity contribution in [3.05, 3.63) is 64.4 Å². The summed E-state index contributed by atoms with van der Waals surface area (Å²) in [6, 6.07) is 9.14. The Balaban J connectivity index is 2.09. The maximum absolute atomic E-state index is 13.3. The smallest absolute Gasteiger partial charge is 0.159 e. The van der Waals surface area contributed by atoms with Gasteiger partial charge in [0.05, 0.1) is 16.9 Å². The molecule has 0 atom stereocenters. The second-order valence-corrected chi connectivity index (χ2v) is 5.33. The molecule has 1 aromatic heterocycles. The summed E-state index contributed by atoms with van der Waals surface area (Å²) in [5.74, 6) is -0.869. The van der Waals surface area contributed by atoms with Gasteiger partial charge in [-0.15, -0.1) is 11.6 Å². The highest BCUT2D eigenvalue weighted by atomic mass is 35.5. The second-order valence-electron chi connectivity index (χ2n) is 4.63. The Morgan fingerprint density at radius 2 is 1.86 bits per heavy atom. The molecule has 0 N–H and O–H groups in total. The topological polar surface area (TPSA) is 17.8 Å². The van der Waals surface area contributed by atoms with Gasteiger partial charge in [0.15, 0.2) is 11.6 Å². The van der Waals surface area contributed by atoms with Crippen molar-refractivity contribution in [1.82, 2.24) is 9.55 Å². The maximum Gasteiger partial charge on any atom is 0.159 e. The van der Waals surface area contributed by atoms with E-state index in [0.29, 0.717) is 23.0 Å². The second kappa shape index (κ2) is 5.62. The van der Waals surface area contributed by atoms with E-state index in [9.17, 15) is 8.78 Å². The van der Waals surface area contributed by atoms with Gasteiger partial charge in [-0.05, 0) is 35.9 Å². The average molecular weight is 327 g/mol. The molecule has 6 heteroatoms. The maximum atomic E-state index is 13.3. The third-order valence-corrected chi connectivity index (χ3v) is 3.71. The van der Waals surface area contributed by atoms with Crippen molar-refractivity contribution in [1.29, 1.82) is 0 Å². The molecule has 0 aliphatic carbocycles. The van der Waals surface area contributed by atoms with Crippen molar-refractivity contribution in [2.24, 2.45) is 0 Å². The first-order valence-electron chi connectivity index (χ1n) is 6.23. The number of hydrogen-bond donors (Lipinski definition) is 0. The van der Waals surface area contributed by atoms with Crippen LogP contribution in [0.2, 0.25) is 5.02 Å². The molecule has 108 valence electrons. The van der Waals surface area contributed by atoms with Gasteiger partial charge in [0.1, 0.15) is 5.82 Å². The van der Waals surface area contributed by atoms with Gasteiger partial charge in [0.25, 0.3) is 0 Å². The van der Waals surface area contributed by atoms with Gasteiger partial charge in [-0.3, -0.25) is 0 Å². The van der Waals surface area contributed by atoms with Gasteiger partial charge in [-0.2, -0.15) is 0 Å². The Hall–Kier alpha value is -1.65. The first-order valence-corrected chi connectivity index (χ1v) is 7.14. The van der Waals surface area contributed by atoms with Crippen LogP contribution < -0.4 is 0 Å². The number of alkyl halides is 1. The van der Waals surface area contributed by atoms with Crippen LogP contribution >= 0.6 is 23.2 Å². The van der Waals surface area contributed by atoms with E-state index < -0.39 is 11.6 Å². The molecule has 0 saturated heterocycles. The Morgan fingerprint density at radius 1 is 1.05 bits per heavy atom. The molecule has 2 nitrogen and oxygen atoms in total. The molecule has 21 heavy (non-hydrogen) atoms. The largest absolute Gasteiger partial charge is 0.322 e. The zero-order valence-electron chi connectivity index (χ0n) is 10.8. The third-order valence-electron chi connectivity index (χ3n) is 3.23. The number of aromatic nitrogens is 2. The highest BCUT2D eigenvalue weighted by molar-refractivity contribution is 6.31. The van der Waals surface area contributed by atoms with Crippen LogP contribution in [-0.2, 0) is 12.4 Å². The number of fused-ring (bicyclic) bond motifs is 1. The number of rotatable bonds is 3. The zero-order chi connectivity index (χ0) is 15.0. The Morgan fingerprint density at radius 3 is 2.57 bits per heavy atom. The predicted molar refractivity (Wildman–Crippen MR) is 79.8 cm³/mol. The molecular weight excluding hydrogens is 317 g/mol. The molecule has 3 rings (SSSR count). The quantitative estimate of drug-likeness (QED) is 0.635. The molecule has 0 fully saturated rings. The summed E-state index contributed by atoms with van der Waals surface area (Å²) in [6.07, 6.45) is 0. The van der Waals surface area contributed by atoms with Crippen LogP contribution in [-0.4, -0.2) is 9.55 Å². The van der Waals surface area contributed by atoms with E-state index in [2.05, 4.69) is 4.98 Å². The van der Waals surface area contributed by atoms with Crippen LogP contribution in [0.5, 0.6) is 0 Å². The van der Waals surface area contributed by atoms with E-state index in [4.69, 9.17) is 23.2 Å². The molecule has 3 aromatic rings. The molecule has 0 aliphatic heterocycles. The molecule has 0 saturated carbocycles. The first kappa shape index (κ1) is 14.3. The van der Waals surface area contributed by atoms with Crippen LogP contribution in [0.1, 0.15) is 11.4 Å². The van der Waals surface area contributed by atoms with Crippen LogP contribution in [0.15, 0.2) is 36.4 Å². The highest BCUT2D eigenvalue weighted by Gasteiger charge is 2.12.